The Kier molecular flexibility index (Phi) is 5.78. The summed E-state index contributed by atoms with van der Waals surface area (Å²) in [4.78, 5) is 14.0. The van der Waals surface area contributed by atoms with Gasteiger partial charge >= 0.3 is 5.97 Å². The third-order valence-corrected chi connectivity index (χ3v) is 1.51. The monoisotopic (exact) mass is 161 g/mol. The first-order valence-electron chi connectivity index (χ1n) is 3.83. The van der Waals surface area contributed by atoms with Crippen LogP contribution in [0.5, 0.6) is 0 Å². The third kappa shape index (κ3) is 4.75. The van der Waals surface area contributed by atoms with Crippen LogP contribution in [-0.2, 0) is 9.68 Å². The van der Waals surface area contributed by atoms with Crippen molar-refractivity contribution in [1.29, 1.82) is 0 Å². The van der Waals surface area contributed by atoms with Gasteiger partial charge in [0.2, 0.25) is 0 Å². The number of nitrogens with two attached hydrogens (primary N) is 1. The zero-order valence-electron chi connectivity index (χ0n) is 6.75. The minimum atomic E-state index is -0.749. The van der Waals surface area contributed by atoms with Crippen LogP contribution in [0, 0.1) is 0 Å². The van der Waals surface area contributed by atoms with Crippen LogP contribution in [0.1, 0.15) is 32.6 Å². The zero-order chi connectivity index (χ0) is 8.69. The van der Waals surface area contributed by atoms with E-state index < -0.39 is 12.0 Å². The second-order valence-corrected chi connectivity index (χ2v) is 2.51. The minimum Gasteiger partial charge on any atom is -0.318 e. The van der Waals surface area contributed by atoms with E-state index in [4.69, 9.17) is 11.0 Å². The number of hydrogen-bond donors (Lipinski definition) is 2. The van der Waals surface area contributed by atoms with Gasteiger partial charge in [-0.3, -0.25) is 4.89 Å². The van der Waals surface area contributed by atoms with Gasteiger partial charge in [-0.1, -0.05) is 26.2 Å². The molecule has 0 radical (unpaired) electrons. The fourth-order valence-corrected chi connectivity index (χ4v) is 0.800. The zero-order valence-corrected chi connectivity index (χ0v) is 6.75. The number of rotatable bonds is 5. The van der Waals surface area contributed by atoms with Crippen molar-refractivity contribution in [3.05, 3.63) is 0 Å². The Morgan fingerprint density at radius 3 is 2.73 bits per heavy atom. The molecule has 0 saturated heterocycles. The van der Waals surface area contributed by atoms with Crippen LogP contribution in [0.25, 0.3) is 0 Å². The van der Waals surface area contributed by atoms with Gasteiger partial charge in [-0.25, -0.2) is 4.79 Å². The first-order chi connectivity index (χ1) is 5.22. The van der Waals surface area contributed by atoms with Crippen LogP contribution in [0.2, 0.25) is 0 Å². The Labute approximate surface area is 66.3 Å². The Hall–Kier alpha value is -0.610. The summed E-state index contributed by atoms with van der Waals surface area (Å²) in [7, 11) is 0. The van der Waals surface area contributed by atoms with E-state index in [0.29, 0.717) is 6.42 Å². The van der Waals surface area contributed by atoms with Gasteiger partial charge in [-0.2, -0.15) is 5.26 Å². The number of carbonyl (C=O) groups is 1. The normalized spacial score (nSPS) is 12.6. The van der Waals surface area contributed by atoms with Crippen molar-refractivity contribution in [2.75, 3.05) is 0 Å². The molecule has 0 bridgehead atoms. The lowest BCUT2D eigenvalue weighted by atomic mass is 10.1. The molecule has 1 unspecified atom stereocenters. The highest BCUT2D eigenvalue weighted by atomic mass is 17.1. The van der Waals surface area contributed by atoms with E-state index in [1.165, 1.54) is 0 Å². The molecule has 11 heavy (non-hydrogen) atoms. The van der Waals surface area contributed by atoms with Gasteiger partial charge in [-0.15, -0.1) is 0 Å². The highest BCUT2D eigenvalue weighted by Gasteiger charge is 2.13. The molecular formula is C7H15NO3. The lowest BCUT2D eigenvalue weighted by Crippen LogP contribution is -2.31. The summed E-state index contributed by atoms with van der Waals surface area (Å²) in [5, 5.41) is 7.93. The second kappa shape index (κ2) is 6.12. The molecule has 0 aromatic rings. The van der Waals surface area contributed by atoms with Gasteiger partial charge in [0.25, 0.3) is 0 Å². The van der Waals surface area contributed by atoms with Crippen LogP contribution < -0.4 is 5.73 Å². The van der Waals surface area contributed by atoms with E-state index in [1.807, 2.05) is 0 Å². The molecule has 0 fully saturated rings. The molecule has 0 aliphatic heterocycles. The van der Waals surface area contributed by atoms with E-state index in [1.54, 1.807) is 0 Å². The molecule has 0 spiro atoms. The predicted octanol–water partition coefficient (Wildman–Crippen LogP) is 0.910. The predicted molar refractivity (Wildman–Crippen MR) is 40.8 cm³/mol. The largest absolute Gasteiger partial charge is 0.358 e. The number of unbranched alkanes of at least 4 members (excludes halogenated alkanes) is 2. The summed E-state index contributed by atoms with van der Waals surface area (Å²) in [5.74, 6) is -0.749. The van der Waals surface area contributed by atoms with Crippen molar-refractivity contribution >= 4 is 5.97 Å². The molecule has 1 atom stereocenters. The van der Waals surface area contributed by atoms with Gasteiger partial charge in [0, 0.05) is 0 Å². The molecule has 4 nitrogen and oxygen atoms in total. The first-order valence-corrected chi connectivity index (χ1v) is 3.83. The van der Waals surface area contributed by atoms with Crippen LogP contribution in [0.4, 0.5) is 0 Å². The van der Waals surface area contributed by atoms with Crippen LogP contribution in [-0.4, -0.2) is 17.3 Å². The van der Waals surface area contributed by atoms with E-state index in [9.17, 15) is 4.79 Å². The van der Waals surface area contributed by atoms with Crippen molar-refractivity contribution in [1.82, 2.24) is 0 Å². The number of carbonyl (C=O) groups excluding carboxylic acids is 1. The molecular weight excluding hydrogens is 146 g/mol. The summed E-state index contributed by atoms with van der Waals surface area (Å²) in [6, 6.07) is -0.674. The minimum absolute atomic E-state index is 0.577. The van der Waals surface area contributed by atoms with Crippen molar-refractivity contribution in [2.24, 2.45) is 5.73 Å². The van der Waals surface area contributed by atoms with E-state index in [0.717, 1.165) is 19.3 Å². The van der Waals surface area contributed by atoms with Gasteiger partial charge in [0.1, 0.15) is 6.04 Å². The average Bonchev–Trinajstić information content (AvgIpc) is 2.03. The molecule has 0 heterocycles. The van der Waals surface area contributed by atoms with Gasteiger partial charge in [0.05, 0.1) is 0 Å². The standard InChI is InChI=1S/C7H15NO3/c1-2-3-4-5-6(8)7(9)11-10/h6,10H,2-5,8H2,1H3. The molecule has 66 valence electrons. The fourth-order valence-electron chi connectivity index (χ4n) is 0.800. The van der Waals surface area contributed by atoms with Gasteiger partial charge in [0.15, 0.2) is 0 Å². The van der Waals surface area contributed by atoms with Gasteiger partial charge in [-0.05, 0) is 6.42 Å². The maximum absolute atomic E-state index is 10.5. The smallest absolute Gasteiger partial charge is 0.318 e. The molecule has 0 aliphatic rings. The maximum atomic E-state index is 10.5. The fraction of sp³-hybridized carbons (Fsp3) is 0.857. The second-order valence-electron chi connectivity index (χ2n) is 2.51. The van der Waals surface area contributed by atoms with Crippen molar-refractivity contribution in [3.63, 3.8) is 0 Å². The maximum Gasteiger partial charge on any atom is 0.358 e. The molecule has 4 heteroatoms. The summed E-state index contributed by atoms with van der Waals surface area (Å²) >= 11 is 0. The molecule has 0 aromatic carbocycles. The van der Waals surface area contributed by atoms with Crippen LogP contribution in [0.3, 0.4) is 0 Å². The van der Waals surface area contributed by atoms with Crippen LogP contribution >= 0.6 is 0 Å². The van der Waals surface area contributed by atoms with E-state index in [-0.39, 0.29) is 0 Å². The Morgan fingerprint density at radius 2 is 2.27 bits per heavy atom. The van der Waals surface area contributed by atoms with Gasteiger partial charge < -0.3 is 5.73 Å². The summed E-state index contributed by atoms with van der Waals surface area (Å²) in [5.41, 5.74) is 5.33. The highest BCUT2D eigenvalue weighted by Crippen LogP contribution is 2.02. The Morgan fingerprint density at radius 1 is 1.64 bits per heavy atom. The van der Waals surface area contributed by atoms with Crippen molar-refractivity contribution < 1.29 is 14.9 Å². The quantitative estimate of drug-likeness (QED) is 0.357. The lowest BCUT2D eigenvalue weighted by Gasteiger charge is -2.05. The molecule has 0 amide bonds. The molecule has 0 aliphatic carbocycles. The molecule has 0 rings (SSSR count). The summed E-state index contributed by atoms with van der Waals surface area (Å²) in [6.45, 7) is 2.07. The number of hydrogen-bond acceptors (Lipinski definition) is 4. The van der Waals surface area contributed by atoms with E-state index >= 15 is 0 Å². The van der Waals surface area contributed by atoms with Crippen molar-refractivity contribution in [2.45, 2.75) is 38.6 Å². The van der Waals surface area contributed by atoms with Crippen LogP contribution in [0.15, 0.2) is 0 Å². The molecule has 0 saturated carbocycles. The summed E-state index contributed by atoms with van der Waals surface area (Å²) < 4.78 is 0. The Bertz CT molecular complexity index is 116. The summed E-state index contributed by atoms with van der Waals surface area (Å²) in [6.07, 6.45) is 3.60. The lowest BCUT2D eigenvalue weighted by molar-refractivity contribution is -0.235. The SMILES string of the molecule is CCCCCC(N)C(=O)OO. The molecule has 3 N–H and O–H groups in total. The highest BCUT2D eigenvalue weighted by molar-refractivity contribution is 5.74. The average molecular weight is 161 g/mol. The van der Waals surface area contributed by atoms with E-state index in [2.05, 4.69) is 11.8 Å². The molecule has 0 aromatic heterocycles. The first kappa shape index (κ1) is 10.4. The third-order valence-electron chi connectivity index (χ3n) is 1.51. The van der Waals surface area contributed by atoms with Crippen molar-refractivity contribution in [3.8, 4) is 0 Å². The Balaban J connectivity index is 3.36. The topological polar surface area (TPSA) is 72.6 Å².